The molecule has 1 N–H and O–H groups in total. The van der Waals surface area contributed by atoms with Crippen molar-refractivity contribution in [2.75, 3.05) is 39.1 Å². The SMILES string of the molecule is Cc1cc(C)c(C#N)c(N[C@@H]2C[C@H]3CO[C@@H](CC(=O)N(C)C)CN3C2)n1. The Morgan fingerprint density at radius 3 is 2.92 bits per heavy atom. The molecule has 1 aromatic heterocycles. The molecule has 26 heavy (non-hydrogen) atoms. The Morgan fingerprint density at radius 1 is 1.46 bits per heavy atom. The number of nitrogens with zero attached hydrogens (tertiary/aromatic N) is 4. The largest absolute Gasteiger partial charge is 0.375 e. The van der Waals surface area contributed by atoms with Gasteiger partial charge in [-0.3, -0.25) is 9.69 Å². The number of pyridine rings is 1. The highest BCUT2D eigenvalue weighted by atomic mass is 16.5. The van der Waals surface area contributed by atoms with Gasteiger partial charge >= 0.3 is 0 Å². The van der Waals surface area contributed by atoms with Crippen LogP contribution in [0.5, 0.6) is 0 Å². The number of ether oxygens (including phenoxy) is 1. The van der Waals surface area contributed by atoms with Gasteiger partial charge in [0.05, 0.1) is 24.7 Å². The third kappa shape index (κ3) is 3.97. The van der Waals surface area contributed by atoms with E-state index in [9.17, 15) is 10.1 Å². The second-order valence-electron chi connectivity index (χ2n) is 7.55. The summed E-state index contributed by atoms with van der Waals surface area (Å²) in [4.78, 5) is 20.4. The first-order chi connectivity index (χ1) is 12.4. The molecule has 0 bridgehead atoms. The normalized spacial score (nSPS) is 25.4. The van der Waals surface area contributed by atoms with Crippen LogP contribution >= 0.6 is 0 Å². The van der Waals surface area contributed by atoms with Gasteiger partial charge < -0.3 is 15.0 Å². The van der Waals surface area contributed by atoms with E-state index in [2.05, 4.69) is 21.3 Å². The minimum atomic E-state index is -0.0473. The second-order valence-corrected chi connectivity index (χ2v) is 7.55. The first kappa shape index (κ1) is 18.6. The fourth-order valence-electron chi connectivity index (χ4n) is 3.82. The molecular formula is C19H27N5O2. The maximum atomic E-state index is 11.9. The first-order valence-corrected chi connectivity index (χ1v) is 9.08. The summed E-state index contributed by atoms with van der Waals surface area (Å²) in [5, 5.41) is 12.9. The topological polar surface area (TPSA) is 81.5 Å². The molecule has 2 aliphatic heterocycles. The molecule has 0 aromatic carbocycles. The highest BCUT2D eigenvalue weighted by molar-refractivity contribution is 5.76. The zero-order valence-electron chi connectivity index (χ0n) is 16.0. The molecule has 3 atom stereocenters. The smallest absolute Gasteiger partial charge is 0.224 e. The number of fused-ring (bicyclic) bond motifs is 1. The summed E-state index contributed by atoms with van der Waals surface area (Å²) in [5.74, 6) is 0.774. The zero-order valence-corrected chi connectivity index (χ0v) is 16.0. The summed E-state index contributed by atoms with van der Waals surface area (Å²) >= 11 is 0. The maximum absolute atomic E-state index is 11.9. The van der Waals surface area contributed by atoms with Gasteiger partial charge in [0.2, 0.25) is 5.91 Å². The summed E-state index contributed by atoms with van der Waals surface area (Å²) < 4.78 is 5.91. The van der Waals surface area contributed by atoms with Crippen molar-refractivity contribution >= 4 is 11.7 Å². The van der Waals surface area contributed by atoms with Crippen molar-refractivity contribution in [3.05, 3.63) is 22.9 Å². The molecule has 1 amide bonds. The Labute approximate surface area is 154 Å². The third-order valence-corrected chi connectivity index (χ3v) is 5.19. The van der Waals surface area contributed by atoms with Crippen molar-refractivity contribution in [1.82, 2.24) is 14.8 Å². The summed E-state index contributed by atoms with van der Waals surface area (Å²) in [5.41, 5.74) is 2.47. The van der Waals surface area contributed by atoms with Crippen LogP contribution in [0.3, 0.4) is 0 Å². The van der Waals surface area contributed by atoms with Crippen molar-refractivity contribution in [1.29, 1.82) is 5.26 Å². The summed E-state index contributed by atoms with van der Waals surface area (Å²) in [7, 11) is 3.54. The summed E-state index contributed by atoms with van der Waals surface area (Å²) in [6, 6.07) is 4.78. The Morgan fingerprint density at radius 2 is 2.23 bits per heavy atom. The summed E-state index contributed by atoms with van der Waals surface area (Å²) in [6.07, 6.45) is 1.33. The molecule has 0 radical (unpaired) electrons. The Bertz CT molecular complexity index is 727. The van der Waals surface area contributed by atoms with E-state index >= 15 is 0 Å². The average molecular weight is 357 g/mol. The number of aromatic nitrogens is 1. The second kappa shape index (κ2) is 7.60. The van der Waals surface area contributed by atoms with Gasteiger partial charge in [-0.05, 0) is 31.9 Å². The van der Waals surface area contributed by atoms with Crippen LogP contribution in [-0.2, 0) is 9.53 Å². The molecule has 2 aliphatic rings. The first-order valence-electron chi connectivity index (χ1n) is 9.08. The molecule has 7 nitrogen and oxygen atoms in total. The minimum Gasteiger partial charge on any atom is -0.375 e. The fraction of sp³-hybridized carbons (Fsp3) is 0.632. The van der Waals surface area contributed by atoms with Gasteiger partial charge in [-0.15, -0.1) is 0 Å². The van der Waals surface area contributed by atoms with Gasteiger partial charge in [0.25, 0.3) is 0 Å². The number of anilines is 1. The van der Waals surface area contributed by atoms with Crippen LogP contribution in [0.25, 0.3) is 0 Å². The Hall–Kier alpha value is -2.17. The number of morpholine rings is 1. The van der Waals surface area contributed by atoms with E-state index in [-0.39, 0.29) is 18.1 Å². The number of carbonyl (C=O) groups excluding carboxylic acids is 1. The number of carbonyl (C=O) groups is 1. The van der Waals surface area contributed by atoms with Crippen molar-refractivity contribution < 1.29 is 9.53 Å². The lowest BCUT2D eigenvalue weighted by atomic mass is 10.1. The molecule has 0 saturated carbocycles. The predicted octanol–water partition coefficient (Wildman–Crippen LogP) is 1.30. The molecule has 3 heterocycles. The lowest BCUT2D eigenvalue weighted by Gasteiger charge is -2.35. The van der Waals surface area contributed by atoms with Crippen LogP contribution < -0.4 is 5.32 Å². The van der Waals surface area contributed by atoms with Gasteiger partial charge in [-0.2, -0.15) is 5.26 Å². The van der Waals surface area contributed by atoms with Gasteiger partial charge in [0.15, 0.2) is 0 Å². The quantitative estimate of drug-likeness (QED) is 0.875. The van der Waals surface area contributed by atoms with E-state index in [1.807, 2.05) is 19.9 Å². The number of nitrogens with one attached hydrogen (secondary N) is 1. The van der Waals surface area contributed by atoms with Crippen molar-refractivity contribution in [2.24, 2.45) is 0 Å². The molecule has 0 aliphatic carbocycles. The molecular weight excluding hydrogens is 330 g/mol. The highest BCUT2D eigenvalue weighted by Crippen LogP contribution is 2.27. The van der Waals surface area contributed by atoms with Gasteiger partial charge in [-0.1, -0.05) is 0 Å². The van der Waals surface area contributed by atoms with E-state index in [4.69, 9.17) is 4.74 Å². The molecule has 0 unspecified atom stereocenters. The number of nitriles is 1. The fourth-order valence-corrected chi connectivity index (χ4v) is 3.82. The van der Waals surface area contributed by atoms with E-state index in [1.165, 1.54) is 0 Å². The summed E-state index contributed by atoms with van der Waals surface area (Å²) in [6.45, 7) is 6.18. The molecule has 2 saturated heterocycles. The standard InChI is InChI=1S/C19H27N5O2/c1-12-5-13(2)21-19(17(12)8-20)22-14-6-15-11-26-16(10-24(15)9-14)7-18(25)23(3)4/h5,14-16H,6-7,9-11H2,1-4H3,(H,21,22)/t14-,15+,16+/m1/s1. The average Bonchev–Trinajstić information content (AvgIpc) is 2.95. The van der Waals surface area contributed by atoms with Crippen LogP contribution in [-0.4, -0.2) is 72.7 Å². The van der Waals surface area contributed by atoms with Gasteiger partial charge in [0.1, 0.15) is 11.9 Å². The maximum Gasteiger partial charge on any atom is 0.224 e. The van der Waals surface area contributed by atoms with Crippen LogP contribution in [0.4, 0.5) is 5.82 Å². The van der Waals surface area contributed by atoms with Crippen molar-refractivity contribution in [3.63, 3.8) is 0 Å². The van der Waals surface area contributed by atoms with Crippen molar-refractivity contribution in [3.8, 4) is 6.07 Å². The van der Waals surface area contributed by atoms with E-state index in [0.717, 1.165) is 30.8 Å². The van der Waals surface area contributed by atoms with Gasteiger partial charge in [-0.25, -0.2) is 4.98 Å². The predicted molar refractivity (Wildman–Crippen MR) is 98.9 cm³/mol. The van der Waals surface area contributed by atoms with Crippen LogP contribution in [0.2, 0.25) is 0 Å². The van der Waals surface area contributed by atoms with E-state index in [1.54, 1.807) is 19.0 Å². The van der Waals surface area contributed by atoms with E-state index < -0.39 is 0 Å². The van der Waals surface area contributed by atoms with Crippen molar-refractivity contribution in [2.45, 2.75) is 44.9 Å². The molecule has 0 spiro atoms. The number of aryl methyl sites for hydroxylation is 2. The lowest BCUT2D eigenvalue weighted by molar-refractivity contribution is -0.134. The van der Waals surface area contributed by atoms with Gasteiger partial charge in [0, 0.05) is 45.0 Å². The molecule has 7 heteroatoms. The molecule has 2 fully saturated rings. The van der Waals surface area contributed by atoms with Crippen LogP contribution in [0, 0.1) is 25.2 Å². The Kier molecular flexibility index (Phi) is 5.44. The lowest BCUT2D eigenvalue weighted by Crippen LogP contribution is -2.47. The minimum absolute atomic E-state index is 0.0473. The Balaban J connectivity index is 1.63. The van der Waals surface area contributed by atoms with E-state index in [0.29, 0.717) is 30.5 Å². The number of rotatable bonds is 4. The number of hydrogen-bond acceptors (Lipinski definition) is 6. The molecule has 1 aromatic rings. The highest BCUT2D eigenvalue weighted by Gasteiger charge is 2.38. The number of hydrogen-bond donors (Lipinski definition) is 1. The zero-order chi connectivity index (χ0) is 18.8. The number of amides is 1. The molecule has 140 valence electrons. The van der Waals surface area contributed by atoms with Crippen LogP contribution in [0.1, 0.15) is 29.7 Å². The molecule has 3 rings (SSSR count). The van der Waals surface area contributed by atoms with Crippen LogP contribution in [0.15, 0.2) is 6.07 Å². The third-order valence-electron chi connectivity index (χ3n) is 5.19. The monoisotopic (exact) mass is 357 g/mol.